The minimum Gasteiger partial charge on any atom is -0.497 e. The van der Waals surface area contributed by atoms with E-state index in [9.17, 15) is 0 Å². The normalized spacial score (nSPS) is 20.9. The van der Waals surface area contributed by atoms with Crippen LogP contribution in [0.1, 0.15) is 54.1 Å². The first kappa shape index (κ1) is 28.6. The zero-order valence-electron chi connectivity index (χ0n) is 24.8. The van der Waals surface area contributed by atoms with Crippen LogP contribution < -0.4 is 14.2 Å². The van der Waals surface area contributed by atoms with Gasteiger partial charge in [0, 0.05) is 19.3 Å². The molecule has 0 N–H and O–H groups in total. The van der Waals surface area contributed by atoms with Crippen LogP contribution in [0, 0.1) is 5.92 Å². The lowest BCUT2D eigenvalue weighted by atomic mass is 9.97. The largest absolute Gasteiger partial charge is 0.497 e. The number of aliphatic imine (C=N–C) groups is 3. The van der Waals surface area contributed by atoms with Crippen LogP contribution in [0.25, 0.3) is 0 Å². The predicted molar refractivity (Wildman–Crippen MR) is 165 cm³/mol. The van der Waals surface area contributed by atoms with Gasteiger partial charge in [0.2, 0.25) is 0 Å². The molecule has 3 heterocycles. The van der Waals surface area contributed by atoms with Gasteiger partial charge < -0.3 is 28.4 Å². The summed E-state index contributed by atoms with van der Waals surface area (Å²) in [6, 6.07) is 23.8. The number of hydrogen-bond donors (Lipinski definition) is 0. The van der Waals surface area contributed by atoms with Gasteiger partial charge in [0.15, 0.2) is 17.7 Å². The Balaban J connectivity index is 1.17. The van der Waals surface area contributed by atoms with E-state index in [0.717, 1.165) is 51.6 Å². The molecule has 3 aliphatic rings. The minimum absolute atomic E-state index is 0.0411. The summed E-state index contributed by atoms with van der Waals surface area (Å²) in [6.45, 7) is 1.55. The first-order chi connectivity index (χ1) is 21.1. The molecule has 0 saturated carbocycles. The Morgan fingerprint density at radius 2 is 0.791 bits per heavy atom. The molecule has 0 radical (unpaired) electrons. The minimum atomic E-state index is -0.0411. The van der Waals surface area contributed by atoms with Gasteiger partial charge in [-0.3, -0.25) is 0 Å². The third-order valence-corrected chi connectivity index (χ3v) is 8.01. The number of hydrogen-bond acceptors (Lipinski definition) is 9. The highest BCUT2D eigenvalue weighted by Gasteiger charge is 2.30. The molecule has 0 bridgehead atoms. The molecule has 0 fully saturated rings. The zero-order chi connectivity index (χ0) is 29.6. The topological polar surface area (TPSA) is 92.5 Å². The fourth-order valence-corrected chi connectivity index (χ4v) is 5.55. The van der Waals surface area contributed by atoms with Crippen molar-refractivity contribution >= 4 is 17.7 Å². The summed E-state index contributed by atoms with van der Waals surface area (Å²) >= 11 is 0. The van der Waals surface area contributed by atoms with E-state index in [0.29, 0.717) is 39.1 Å². The molecule has 0 aliphatic carbocycles. The van der Waals surface area contributed by atoms with Gasteiger partial charge in [-0.2, -0.15) is 0 Å². The van der Waals surface area contributed by atoms with E-state index in [-0.39, 0.29) is 24.0 Å². The van der Waals surface area contributed by atoms with Crippen molar-refractivity contribution in [1.29, 1.82) is 0 Å². The molecule has 9 nitrogen and oxygen atoms in total. The van der Waals surface area contributed by atoms with Crippen molar-refractivity contribution < 1.29 is 28.4 Å². The molecular weight excluding hydrogens is 546 g/mol. The molecule has 3 aromatic rings. The molecule has 9 heteroatoms. The molecule has 0 unspecified atom stereocenters. The fraction of sp³-hybridized carbons (Fsp3) is 0.382. The van der Waals surface area contributed by atoms with Crippen LogP contribution in [0.4, 0.5) is 0 Å². The van der Waals surface area contributed by atoms with Gasteiger partial charge in [-0.15, -0.1) is 0 Å². The summed E-state index contributed by atoms with van der Waals surface area (Å²) in [7, 11) is 5.00. The maximum atomic E-state index is 6.09. The quantitative estimate of drug-likeness (QED) is 0.248. The standard InChI is InChI=1S/C34H37N3O6/c1-38-26-10-4-23(5-11-26)29-19-41-32(35-29)16-22(17-33-36-30(20-42-33)24-6-12-27(39-2)13-7-24)18-34-37-31(21-43-34)25-8-14-28(40-3)15-9-25/h4-15,22,29-31H,16-21H2,1-3H3/t29-,30-,31-/m0/s1. The lowest BCUT2D eigenvalue weighted by molar-refractivity contribution is 0.285. The molecule has 43 heavy (non-hydrogen) atoms. The van der Waals surface area contributed by atoms with Crippen molar-refractivity contribution in [3.05, 3.63) is 89.5 Å². The van der Waals surface area contributed by atoms with E-state index in [1.807, 2.05) is 72.8 Å². The number of ether oxygens (including phenoxy) is 6. The van der Waals surface area contributed by atoms with Gasteiger partial charge in [0.1, 0.15) is 55.2 Å². The molecule has 3 aliphatic heterocycles. The van der Waals surface area contributed by atoms with Gasteiger partial charge in [-0.05, 0) is 59.0 Å². The Bertz CT molecular complexity index is 1290. The van der Waals surface area contributed by atoms with Crippen LogP contribution in [0.2, 0.25) is 0 Å². The van der Waals surface area contributed by atoms with Crippen LogP contribution in [0.3, 0.4) is 0 Å². The smallest absolute Gasteiger partial charge is 0.184 e. The molecule has 0 amide bonds. The second-order valence-electron chi connectivity index (χ2n) is 10.8. The van der Waals surface area contributed by atoms with Crippen LogP contribution in [0.15, 0.2) is 87.8 Å². The second-order valence-corrected chi connectivity index (χ2v) is 10.8. The second kappa shape index (κ2) is 13.2. The van der Waals surface area contributed by atoms with Crippen LogP contribution in [-0.2, 0) is 14.2 Å². The summed E-state index contributed by atoms with van der Waals surface area (Å²) in [6.07, 6.45) is 1.91. The average Bonchev–Trinajstić information content (AvgIpc) is 3.83. The summed E-state index contributed by atoms with van der Waals surface area (Å²) < 4.78 is 34.2. The third-order valence-electron chi connectivity index (χ3n) is 8.01. The number of nitrogens with zero attached hydrogens (tertiary/aromatic N) is 3. The highest BCUT2D eigenvalue weighted by molar-refractivity contribution is 5.84. The number of rotatable bonds is 12. The molecule has 224 valence electrons. The Labute approximate surface area is 252 Å². The zero-order valence-corrected chi connectivity index (χ0v) is 24.8. The highest BCUT2D eigenvalue weighted by Crippen LogP contribution is 2.33. The third kappa shape index (κ3) is 6.93. The number of benzene rings is 3. The lowest BCUT2D eigenvalue weighted by Gasteiger charge is -2.16. The van der Waals surface area contributed by atoms with Crippen molar-refractivity contribution in [2.45, 2.75) is 37.4 Å². The average molecular weight is 584 g/mol. The molecule has 0 saturated heterocycles. The van der Waals surface area contributed by atoms with E-state index in [4.69, 9.17) is 43.4 Å². The maximum Gasteiger partial charge on any atom is 0.184 e. The van der Waals surface area contributed by atoms with Gasteiger partial charge >= 0.3 is 0 Å². The van der Waals surface area contributed by atoms with E-state index < -0.39 is 0 Å². The SMILES string of the molecule is COc1ccc([C@@H]2COC(CC(CC3=N[C@H](c4ccc(OC)cc4)CO3)CC3=N[C@H](c4ccc(OC)cc4)CO3)=N2)cc1. The van der Waals surface area contributed by atoms with Crippen LogP contribution in [0.5, 0.6) is 17.2 Å². The van der Waals surface area contributed by atoms with E-state index in [2.05, 4.69) is 0 Å². The molecule has 6 rings (SSSR count). The molecule has 0 spiro atoms. The fourth-order valence-electron chi connectivity index (χ4n) is 5.55. The van der Waals surface area contributed by atoms with Crippen molar-refractivity contribution in [2.75, 3.05) is 41.2 Å². The summed E-state index contributed by atoms with van der Waals surface area (Å²) in [5.41, 5.74) is 3.30. The van der Waals surface area contributed by atoms with E-state index >= 15 is 0 Å². The first-order valence-corrected chi connectivity index (χ1v) is 14.6. The number of methoxy groups -OCH3 is 3. The highest BCUT2D eigenvalue weighted by atomic mass is 16.5. The summed E-state index contributed by atoms with van der Waals surface area (Å²) in [5.74, 6) is 4.77. The Morgan fingerprint density at radius 1 is 0.512 bits per heavy atom. The van der Waals surface area contributed by atoms with Crippen molar-refractivity contribution in [1.82, 2.24) is 0 Å². The first-order valence-electron chi connectivity index (χ1n) is 14.6. The predicted octanol–water partition coefficient (Wildman–Crippen LogP) is 6.31. The van der Waals surface area contributed by atoms with Crippen molar-refractivity contribution in [3.8, 4) is 17.2 Å². The Kier molecular flexibility index (Phi) is 8.77. The summed E-state index contributed by atoms with van der Waals surface area (Å²) in [5, 5.41) is 0. The Hall–Kier alpha value is -4.53. The summed E-state index contributed by atoms with van der Waals surface area (Å²) in [4.78, 5) is 14.8. The molecule has 3 aromatic carbocycles. The molecule has 3 atom stereocenters. The van der Waals surface area contributed by atoms with Gasteiger partial charge in [-0.25, -0.2) is 15.0 Å². The van der Waals surface area contributed by atoms with E-state index in [1.165, 1.54) is 0 Å². The lowest BCUT2D eigenvalue weighted by Crippen LogP contribution is -2.18. The van der Waals surface area contributed by atoms with Crippen molar-refractivity contribution in [3.63, 3.8) is 0 Å². The van der Waals surface area contributed by atoms with Gasteiger partial charge in [0.25, 0.3) is 0 Å². The molecule has 0 aromatic heterocycles. The van der Waals surface area contributed by atoms with Gasteiger partial charge in [-0.1, -0.05) is 36.4 Å². The van der Waals surface area contributed by atoms with Gasteiger partial charge in [0.05, 0.1) is 21.3 Å². The van der Waals surface area contributed by atoms with Crippen molar-refractivity contribution in [2.24, 2.45) is 20.9 Å². The maximum absolute atomic E-state index is 6.09. The Morgan fingerprint density at radius 3 is 1.05 bits per heavy atom. The molecular formula is C34H37N3O6. The van der Waals surface area contributed by atoms with E-state index in [1.54, 1.807) is 21.3 Å². The monoisotopic (exact) mass is 583 g/mol. The van der Waals surface area contributed by atoms with Crippen LogP contribution in [-0.4, -0.2) is 58.8 Å². The van der Waals surface area contributed by atoms with Crippen LogP contribution >= 0.6 is 0 Å².